The normalized spacial score (nSPS) is 15.9. The number of nitrogens with zero attached hydrogens (tertiary/aromatic N) is 4. The Morgan fingerprint density at radius 2 is 2.16 bits per heavy atom. The lowest BCUT2D eigenvalue weighted by atomic mass is 10.3. The molecule has 0 saturated carbocycles. The molecule has 1 fully saturated rings. The zero-order valence-electron chi connectivity index (χ0n) is 10.8. The molecule has 1 saturated heterocycles. The molecule has 1 aliphatic rings. The fourth-order valence-corrected chi connectivity index (χ4v) is 2.20. The highest BCUT2D eigenvalue weighted by molar-refractivity contribution is 6.01. The predicted molar refractivity (Wildman–Crippen MR) is 68.5 cm³/mol. The molecule has 98 valence electrons. The Morgan fingerprint density at radius 3 is 2.84 bits per heavy atom. The molecule has 3 amide bonds. The highest BCUT2D eigenvalue weighted by atomic mass is 16.2. The van der Waals surface area contributed by atoms with Crippen LogP contribution in [0.2, 0.25) is 0 Å². The zero-order chi connectivity index (χ0) is 13.6. The van der Waals surface area contributed by atoms with Gasteiger partial charge in [0.25, 0.3) is 5.91 Å². The first-order valence-corrected chi connectivity index (χ1v) is 6.04. The van der Waals surface area contributed by atoms with Crippen LogP contribution in [-0.2, 0) is 11.3 Å². The van der Waals surface area contributed by atoms with E-state index in [0.717, 1.165) is 11.2 Å². The molecular weight excluding hydrogens is 244 g/mol. The van der Waals surface area contributed by atoms with Gasteiger partial charge in [-0.3, -0.25) is 9.69 Å². The number of likely N-dealkylation sites (N-methyl/N-ethyl adjacent to an activating group) is 1. The minimum atomic E-state index is -0.266. The van der Waals surface area contributed by atoms with Crippen molar-refractivity contribution in [3.05, 3.63) is 35.8 Å². The van der Waals surface area contributed by atoms with Crippen molar-refractivity contribution in [3.63, 3.8) is 0 Å². The third-order valence-corrected chi connectivity index (χ3v) is 3.22. The van der Waals surface area contributed by atoms with E-state index in [4.69, 9.17) is 0 Å². The van der Waals surface area contributed by atoms with Crippen molar-refractivity contribution in [1.29, 1.82) is 0 Å². The van der Waals surface area contributed by atoms with Gasteiger partial charge in [-0.25, -0.2) is 9.78 Å². The molecule has 2 aromatic heterocycles. The summed E-state index contributed by atoms with van der Waals surface area (Å²) in [5.74, 6) is -0.180. The van der Waals surface area contributed by atoms with Crippen molar-refractivity contribution in [3.8, 4) is 0 Å². The van der Waals surface area contributed by atoms with Gasteiger partial charge >= 0.3 is 6.03 Å². The van der Waals surface area contributed by atoms with Crippen molar-refractivity contribution in [1.82, 2.24) is 19.2 Å². The van der Waals surface area contributed by atoms with Gasteiger partial charge in [-0.1, -0.05) is 0 Å². The van der Waals surface area contributed by atoms with E-state index in [0.29, 0.717) is 5.69 Å². The van der Waals surface area contributed by atoms with E-state index in [9.17, 15) is 9.59 Å². The van der Waals surface area contributed by atoms with Gasteiger partial charge in [0.2, 0.25) is 0 Å². The van der Waals surface area contributed by atoms with E-state index >= 15 is 0 Å². The fourth-order valence-electron chi connectivity index (χ4n) is 2.20. The van der Waals surface area contributed by atoms with Crippen LogP contribution in [-0.4, -0.2) is 44.7 Å². The average molecular weight is 258 g/mol. The first-order valence-electron chi connectivity index (χ1n) is 6.04. The van der Waals surface area contributed by atoms with Crippen LogP contribution in [0, 0.1) is 6.92 Å². The SMILES string of the molecule is Cc1ccn2cc(CN3C(=O)CN(C)C3=O)nc2c1. The lowest BCUT2D eigenvalue weighted by Crippen LogP contribution is -2.31. The van der Waals surface area contributed by atoms with Crippen LogP contribution >= 0.6 is 0 Å². The van der Waals surface area contributed by atoms with Crippen LogP contribution in [0.4, 0.5) is 4.79 Å². The molecule has 3 heterocycles. The summed E-state index contributed by atoms with van der Waals surface area (Å²) in [5.41, 5.74) is 2.66. The molecule has 0 unspecified atom stereocenters. The first kappa shape index (κ1) is 11.7. The Hall–Kier alpha value is -2.37. The van der Waals surface area contributed by atoms with Gasteiger partial charge in [0.15, 0.2) is 0 Å². The van der Waals surface area contributed by atoms with Crippen LogP contribution in [0.15, 0.2) is 24.5 Å². The molecule has 0 aromatic carbocycles. The van der Waals surface area contributed by atoms with Gasteiger partial charge in [-0.05, 0) is 24.6 Å². The van der Waals surface area contributed by atoms with E-state index in [2.05, 4.69) is 4.98 Å². The number of carbonyl (C=O) groups is 2. The number of carbonyl (C=O) groups excluding carboxylic acids is 2. The number of fused-ring (bicyclic) bond motifs is 1. The lowest BCUT2D eigenvalue weighted by Gasteiger charge is -2.11. The highest BCUT2D eigenvalue weighted by Gasteiger charge is 2.33. The predicted octanol–water partition coefficient (Wildman–Crippen LogP) is 1.04. The number of imide groups is 1. The van der Waals surface area contributed by atoms with E-state index < -0.39 is 0 Å². The van der Waals surface area contributed by atoms with Crippen LogP contribution < -0.4 is 0 Å². The molecule has 0 spiro atoms. The van der Waals surface area contributed by atoms with E-state index in [1.807, 2.05) is 35.9 Å². The monoisotopic (exact) mass is 258 g/mol. The van der Waals surface area contributed by atoms with Crippen molar-refractivity contribution in [2.45, 2.75) is 13.5 Å². The van der Waals surface area contributed by atoms with Gasteiger partial charge in [-0.15, -0.1) is 0 Å². The number of hydrogen-bond acceptors (Lipinski definition) is 3. The molecule has 0 radical (unpaired) electrons. The first-order chi connectivity index (χ1) is 9.04. The number of rotatable bonds is 2. The summed E-state index contributed by atoms with van der Waals surface area (Å²) >= 11 is 0. The maximum atomic E-state index is 11.8. The third-order valence-electron chi connectivity index (χ3n) is 3.22. The van der Waals surface area contributed by atoms with E-state index in [1.54, 1.807) is 7.05 Å². The summed E-state index contributed by atoms with van der Waals surface area (Å²) in [6, 6.07) is 3.68. The lowest BCUT2D eigenvalue weighted by molar-refractivity contribution is -0.125. The molecule has 0 aliphatic carbocycles. The largest absolute Gasteiger partial charge is 0.327 e. The van der Waals surface area contributed by atoms with Crippen molar-refractivity contribution in [2.24, 2.45) is 0 Å². The molecule has 1 aliphatic heterocycles. The third kappa shape index (κ3) is 1.95. The molecule has 19 heavy (non-hydrogen) atoms. The number of aromatic nitrogens is 2. The minimum Gasteiger partial charge on any atom is -0.318 e. The molecule has 0 N–H and O–H groups in total. The fraction of sp³-hybridized carbons (Fsp3) is 0.308. The molecule has 6 heteroatoms. The van der Waals surface area contributed by atoms with Crippen molar-refractivity contribution < 1.29 is 9.59 Å². The number of pyridine rings is 1. The Balaban J connectivity index is 1.89. The topological polar surface area (TPSA) is 57.9 Å². The number of urea groups is 1. The van der Waals surface area contributed by atoms with E-state index in [-0.39, 0.29) is 25.0 Å². The summed E-state index contributed by atoms with van der Waals surface area (Å²) in [5, 5.41) is 0. The van der Waals surface area contributed by atoms with Gasteiger partial charge in [0.1, 0.15) is 12.2 Å². The molecule has 3 rings (SSSR count). The van der Waals surface area contributed by atoms with Gasteiger partial charge in [0.05, 0.1) is 12.2 Å². The quantitative estimate of drug-likeness (QED) is 0.756. The summed E-state index contributed by atoms with van der Waals surface area (Å²) in [6.07, 6.45) is 3.76. The van der Waals surface area contributed by atoms with Crippen LogP contribution in [0.3, 0.4) is 0 Å². The number of aryl methyl sites for hydroxylation is 1. The van der Waals surface area contributed by atoms with Crippen LogP contribution in [0.5, 0.6) is 0 Å². The Labute approximate surface area is 110 Å². The zero-order valence-corrected chi connectivity index (χ0v) is 10.8. The smallest absolute Gasteiger partial charge is 0.318 e. The Kier molecular flexibility index (Phi) is 2.51. The summed E-state index contributed by atoms with van der Waals surface area (Å²) < 4.78 is 1.89. The van der Waals surface area contributed by atoms with Gasteiger partial charge in [-0.2, -0.15) is 0 Å². The van der Waals surface area contributed by atoms with Gasteiger partial charge in [0, 0.05) is 19.4 Å². The summed E-state index contributed by atoms with van der Waals surface area (Å²) in [6.45, 7) is 2.37. The van der Waals surface area contributed by atoms with Crippen LogP contribution in [0.25, 0.3) is 5.65 Å². The average Bonchev–Trinajstić information content (AvgIpc) is 2.85. The van der Waals surface area contributed by atoms with E-state index in [1.165, 1.54) is 9.80 Å². The second-order valence-corrected chi connectivity index (χ2v) is 4.82. The molecule has 6 nitrogen and oxygen atoms in total. The Bertz CT molecular complexity index is 676. The number of imidazole rings is 1. The number of hydrogen-bond donors (Lipinski definition) is 0. The van der Waals surface area contributed by atoms with Crippen LogP contribution in [0.1, 0.15) is 11.3 Å². The number of amides is 3. The highest BCUT2D eigenvalue weighted by Crippen LogP contribution is 2.14. The second-order valence-electron chi connectivity index (χ2n) is 4.82. The standard InChI is InChI=1S/C13H14N4O2/c1-9-3-4-16-6-10(14-11(16)5-9)7-17-12(18)8-15(2)13(17)19/h3-6H,7-8H2,1-2H3. The molecule has 2 aromatic rings. The maximum absolute atomic E-state index is 11.8. The second kappa shape index (κ2) is 4.08. The van der Waals surface area contributed by atoms with Gasteiger partial charge < -0.3 is 9.30 Å². The summed E-state index contributed by atoms with van der Waals surface area (Å²) in [7, 11) is 1.62. The maximum Gasteiger partial charge on any atom is 0.327 e. The molecule has 0 bridgehead atoms. The van der Waals surface area contributed by atoms with Crippen molar-refractivity contribution in [2.75, 3.05) is 13.6 Å². The molecule has 0 atom stereocenters. The minimum absolute atomic E-state index is 0.144. The van der Waals surface area contributed by atoms with Crippen molar-refractivity contribution >= 4 is 17.6 Å². The molecular formula is C13H14N4O2. The Morgan fingerprint density at radius 1 is 1.37 bits per heavy atom. The summed E-state index contributed by atoms with van der Waals surface area (Å²) in [4.78, 5) is 30.5.